The highest BCUT2D eigenvalue weighted by Gasteiger charge is 2.30. The number of nitro groups is 1. The number of rotatable bonds is 3. The largest absolute Gasteiger partial charge is 0.433 e. The minimum Gasteiger partial charge on any atom is -0.413 e. The molecule has 0 unspecified atom stereocenters. The topological polar surface area (TPSA) is 95.2 Å². The molecule has 0 aliphatic carbocycles. The van der Waals surface area contributed by atoms with Crippen molar-refractivity contribution in [2.24, 2.45) is 0 Å². The number of aromatic nitrogens is 2. The van der Waals surface area contributed by atoms with E-state index in [9.17, 15) is 23.3 Å². The van der Waals surface area contributed by atoms with Crippen molar-refractivity contribution in [3.63, 3.8) is 0 Å². The van der Waals surface area contributed by atoms with Gasteiger partial charge < -0.3 is 8.83 Å². The zero-order valence-electron chi connectivity index (χ0n) is 11.1. The van der Waals surface area contributed by atoms with Crippen LogP contribution in [0.2, 0.25) is 0 Å². The van der Waals surface area contributed by atoms with Crippen molar-refractivity contribution >= 4 is 5.88 Å². The molecule has 1 aromatic carbocycles. The van der Waals surface area contributed by atoms with Gasteiger partial charge in [-0.3, -0.25) is 10.1 Å². The van der Waals surface area contributed by atoms with Gasteiger partial charge in [-0.25, -0.2) is 0 Å². The Bertz CT molecular complexity index is 852. The molecule has 0 aliphatic heterocycles. The molecule has 2 heterocycles. The quantitative estimate of drug-likeness (QED) is 0.535. The lowest BCUT2D eigenvalue weighted by atomic mass is 10.1. The van der Waals surface area contributed by atoms with Gasteiger partial charge in [-0.15, -0.1) is 10.2 Å². The monoisotopic (exact) mass is 325 g/mol. The average molecular weight is 325 g/mol. The van der Waals surface area contributed by atoms with Gasteiger partial charge in [0.2, 0.25) is 5.89 Å². The summed E-state index contributed by atoms with van der Waals surface area (Å²) in [5.74, 6) is -0.655. The van der Waals surface area contributed by atoms with Gasteiger partial charge in [0.25, 0.3) is 5.89 Å². The van der Waals surface area contributed by atoms with Crippen LogP contribution < -0.4 is 0 Å². The van der Waals surface area contributed by atoms with E-state index in [-0.39, 0.29) is 23.1 Å². The molecule has 0 radical (unpaired) electrons. The Balaban J connectivity index is 1.88. The van der Waals surface area contributed by atoms with Crippen LogP contribution in [0.25, 0.3) is 23.1 Å². The van der Waals surface area contributed by atoms with Gasteiger partial charge in [-0.05, 0) is 30.3 Å². The Morgan fingerprint density at radius 2 is 1.61 bits per heavy atom. The van der Waals surface area contributed by atoms with E-state index < -0.39 is 22.5 Å². The van der Waals surface area contributed by atoms with Crippen LogP contribution in [0.15, 0.2) is 45.2 Å². The van der Waals surface area contributed by atoms with Crippen LogP contribution in [0.1, 0.15) is 5.56 Å². The van der Waals surface area contributed by atoms with E-state index in [1.54, 1.807) is 0 Å². The lowest BCUT2D eigenvalue weighted by Gasteiger charge is -2.05. The molecule has 0 saturated carbocycles. The van der Waals surface area contributed by atoms with E-state index in [2.05, 4.69) is 10.2 Å². The number of hydrogen-bond acceptors (Lipinski definition) is 6. The maximum Gasteiger partial charge on any atom is 0.433 e. The van der Waals surface area contributed by atoms with Crippen molar-refractivity contribution in [2.45, 2.75) is 6.18 Å². The van der Waals surface area contributed by atoms with Crippen LogP contribution in [0.3, 0.4) is 0 Å². The molecular formula is C13H6F3N3O4. The van der Waals surface area contributed by atoms with Crippen LogP contribution in [-0.2, 0) is 6.18 Å². The third-order valence-electron chi connectivity index (χ3n) is 2.87. The zero-order chi connectivity index (χ0) is 16.6. The predicted molar refractivity (Wildman–Crippen MR) is 69.1 cm³/mol. The second kappa shape index (κ2) is 5.23. The molecule has 118 valence electrons. The molecule has 0 saturated heterocycles. The summed E-state index contributed by atoms with van der Waals surface area (Å²) in [6, 6.07) is 6.54. The summed E-state index contributed by atoms with van der Waals surface area (Å²) in [5.41, 5.74) is -0.527. The van der Waals surface area contributed by atoms with Gasteiger partial charge in [0, 0.05) is 5.56 Å². The molecule has 7 nitrogen and oxygen atoms in total. The van der Waals surface area contributed by atoms with Crippen molar-refractivity contribution in [2.75, 3.05) is 0 Å². The number of furan rings is 1. The summed E-state index contributed by atoms with van der Waals surface area (Å²) in [7, 11) is 0. The Hall–Kier alpha value is -3.17. The standard InChI is InChI=1S/C13H6F3N3O4/c14-13(15,16)8-3-1-7(2-4-8)11-17-18-12(23-11)9-5-6-10(22-9)19(20)21/h1-6H. The van der Waals surface area contributed by atoms with Crippen LogP contribution in [-0.4, -0.2) is 15.1 Å². The van der Waals surface area contributed by atoms with Gasteiger partial charge in [0.15, 0.2) is 5.76 Å². The van der Waals surface area contributed by atoms with Gasteiger partial charge in [-0.2, -0.15) is 13.2 Å². The van der Waals surface area contributed by atoms with Gasteiger partial charge in [-0.1, -0.05) is 0 Å². The predicted octanol–water partition coefficient (Wildman–Crippen LogP) is 3.92. The minimum absolute atomic E-state index is 0.0117. The lowest BCUT2D eigenvalue weighted by Crippen LogP contribution is -2.03. The summed E-state index contributed by atoms with van der Waals surface area (Å²) in [4.78, 5) is 9.81. The third-order valence-corrected chi connectivity index (χ3v) is 2.87. The zero-order valence-corrected chi connectivity index (χ0v) is 11.1. The molecule has 0 amide bonds. The fraction of sp³-hybridized carbons (Fsp3) is 0.0769. The highest BCUT2D eigenvalue weighted by Crippen LogP contribution is 2.32. The van der Waals surface area contributed by atoms with Crippen molar-refractivity contribution in [3.05, 3.63) is 52.1 Å². The summed E-state index contributed by atoms with van der Waals surface area (Å²) in [6.07, 6.45) is -4.44. The molecule has 0 bridgehead atoms. The van der Waals surface area contributed by atoms with Crippen molar-refractivity contribution < 1.29 is 26.9 Å². The molecule has 0 atom stereocenters. The Kier molecular flexibility index (Phi) is 3.36. The summed E-state index contributed by atoms with van der Waals surface area (Å²) < 4.78 is 47.6. The molecule has 0 aliphatic rings. The van der Waals surface area contributed by atoms with E-state index >= 15 is 0 Å². The van der Waals surface area contributed by atoms with Crippen LogP contribution in [0.4, 0.5) is 19.1 Å². The average Bonchev–Trinajstić information content (AvgIpc) is 3.15. The second-order valence-electron chi connectivity index (χ2n) is 4.38. The fourth-order valence-electron chi connectivity index (χ4n) is 1.78. The smallest absolute Gasteiger partial charge is 0.413 e. The van der Waals surface area contributed by atoms with Crippen LogP contribution in [0, 0.1) is 10.1 Å². The summed E-state index contributed by atoms with van der Waals surface area (Å²) >= 11 is 0. The lowest BCUT2D eigenvalue weighted by molar-refractivity contribution is -0.401. The third kappa shape index (κ3) is 2.91. The molecule has 3 aromatic rings. The molecule has 23 heavy (non-hydrogen) atoms. The highest BCUT2D eigenvalue weighted by molar-refractivity contribution is 5.56. The van der Waals surface area contributed by atoms with Crippen molar-refractivity contribution in [1.29, 1.82) is 0 Å². The second-order valence-corrected chi connectivity index (χ2v) is 4.38. The van der Waals surface area contributed by atoms with Gasteiger partial charge in [0.1, 0.15) is 4.92 Å². The maximum atomic E-state index is 12.5. The van der Waals surface area contributed by atoms with Crippen molar-refractivity contribution in [1.82, 2.24) is 10.2 Å². The SMILES string of the molecule is O=[N+]([O-])c1ccc(-c2nnc(-c3ccc(C(F)(F)F)cc3)o2)o1. The van der Waals surface area contributed by atoms with E-state index in [0.717, 1.165) is 18.2 Å². The first kappa shape index (κ1) is 14.8. The Morgan fingerprint density at radius 3 is 2.17 bits per heavy atom. The molecule has 0 N–H and O–H groups in total. The molecule has 10 heteroatoms. The van der Waals surface area contributed by atoms with E-state index in [4.69, 9.17) is 8.83 Å². The summed E-state index contributed by atoms with van der Waals surface area (Å²) in [5, 5.41) is 17.9. The normalized spacial score (nSPS) is 11.6. The molecule has 0 fully saturated rings. The number of hydrogen-bond donors (Lipinski definition) is 0. The van der Waals surface area contributed by atoms with E-state index in [1.807, 2.05) is 0 Å². The number of halogens is 3. The van der Waals surface area contributed by atoms with Crippen molar-refractivity contribution in [3.8, 4) is 23.1 Å². The molecule has 3 rings (SSSR count). The van der Waals surface area contributed by atoms with E-state index in [1.165, 1.54) is 18.2 Å². The summed E-state index contributed by atoms with van der Waals surface area (Å²) in [6.45, 7) is 0. The molecular weight excluding hydrogens is 319 g/mol. The maximum absolute atomic E-state index is 12.5. The number of benzene rings is 1. The first-order chi connectivity index (χ1) is 10.8. The first-order valence-electron chi connectivity index (χ1n) is 6.10. The van der Waals surface area contributed by atoms with Gasteiger partial charge >= 0.3 is 12.1 Å². The highest BCUT2D eigenvalue weighted by atomic mass is 19.4. The van der Waals surface area contributed by atoms with Crippen LogP contribution in [0.5, 0.6) is 0 Å². The minimum atomic E-state index is -4.44. The van der Waals surface area contributed by atoms with E-state index in [0.29, 0.717) is 0 Å². The van der Waals surface area contributed by atoms with Gasteiger partial charge in [0.05, 0.1) is 11.6 Å². The molecule has 2 aromatic heterocycles. The number of nitrogens with zero attached hydrogens (tertiary/aromatic N) is 3. The number of alkyl halides is 3. The van der Waals surface area contributed by atoms with Crippen LogP contribution >= 0.6 is 0 Å². The first-order valence-corrected chi connectivity index (χ1v) is 6.10. The Labute approximate surface area is 125 Å². The Morgan fingerprint density at radius 1 is 0.957 bits per heavy atom. The fourth-order valence-corrected chi connectivity index (χ4v) is 1.78. The molecule has 0 spiro atoms.